The molecule has 1 rings (SSSR count). The zero-order valence-corrected chi connectivity index (χ0v) is 12.6. The van der Waals surface area contributed by atoms with Crippen molar-refractivity contribution < 1.29 is 9.53 Å². The zero-order valence-electron chi connectivity index (χ0n) is 11.9. The highest BCUT2D eigenvalue weighted by molar-refractivity contribution is 6.31. The molecule has 0 saturated heterocycles. The summed E-state index contributed by atoms with van der Waals surface area (Å²) in [5.41, 5.74) is 0.930. The van der Waals surface area contributed by atoms with Gasteiger partial charge in [-0.2, -0.15) is 0 Å². The van der Waals surface area contributed by atoms with E-state index in [0.29, 0.717) is 17.3 Å². The van der Waals surface area contributed by atoms with Crippen LogP contribution in [-0.2, 0) is 4.79 Å². The molecule has 0 saturated carbocycles. The lowest BCUT2D eigenvalue weighted by Crippen LogP contribution is -2.39. The topological polar surface area (TPSA) is 41.6 Å². The van der Waals surface area contributed by atoms with Gasteiger partial charge >= 0.3 is 0 Å². The number of halogens is 1. The monoisotopic (exact) mass is 284 g/mol. The molecular weight excluding hydrogens is 264 g/mol. The van der Waals surface area contributed by atoms with Crippen molar-refractivity contribution in [3.63, 3.8) is 0 Å². The second kappa shape index (κ2) is 7.36. The van der Waals surface area contributed by atoms with Gasteiger partial charge < -0.3 is 15.0 Å². The predicted molar refractivity (Wildman–Crippen MR) is 77.8 cm³/mol. The number of benzene rings is 1. The van der Waals surface area contributed by atoms with Crippen molar-refractivity contribution in [2.45, 2.75) is 20.0 Å². The Bertz CT molecular complexity index is 435. The van der Waals surface area contributed by atoms with Gasteiger partial charge in [0, 0.05) is 18.1 Å². The summed E-state index contributed by atoms with van der Waals surface area (Å²) in [5.74, 6) is 0.534. The average molecular weight is 285 g/mol. The molecule has 0 aliphatic heterocycles. The van der Waals surface area contributed by atoms with Crippen molar-refractivity contribution in [2.75, 3.05) is 27.2 Å². The number of rotatable bonds is 6. The smallest absolute Gasteiger partial charge is 0.260 e. The Labute approximate surface area is 119 Å². The van der Waals surface area contributed by atoms with E-state index in [1.165, 1.54) is 0 Å². The standard InChI is InChI=1S/C14H21ClN2O2/c1-10-9-12(5-6-13(10)15)19-11(2)14(18)16-7-8-17(3)4/h5-6,9,11H,7-8H2,1-4H3,(H,16,18). The van der Waals surface area contributed by atoms with E-state index in [4.69, 9.17) is 16.3 Å². The zero-order chi connectivity index (χ0) is 14.4. The molecule has 4 nitrogen and oxygen atoms in total. The van der Waals surface area contributed by atoms with Gasteiger partial charge in [0.2, 0.25) is 0 Å². The number of ether oxygens (including phenoxy) is 1. The van der Waals surface area contributed by atoms with Gasteiger partial charge in [0.25, 0.3) is 5.91 Å². The lowest BCUT2D eigenvalue weighted by Gasteiger charge is -2.16. The van der Waals surface area contributed by atoms with Gasteiger partial charge in [0.15, 0.2) is 6.10 Å². The van der Waals surface area contributed by atoms with Gasteiger partial charge in [0.05, 0.1) is 0 Å². The number of carbonyl (C=O) groups excluding carboxylic acids is 1. The fourth-order valence-corrected chi connectivity index (χ4v) is 1.61. The molecule has 0 bridgehead atoms. The molecule has 1 aromatic carbocycles. The molecule has 1 aromatic rings. The Kier molecular flexibility index (Phi) is 6.12. The van der Waals surface area contributed by atoms with Crippen LogP contribution in [0.5, 0.6) is 5.75 Å². The minimum atomic E-state index is -0.525. The van der Waals surface area contributed by atoms with E-state index < -0.39 is 6.10 Å². The number of hydrogen-bond donors (Lipinski definition) is 1. The lowest BCUT2D eigenvalue weighted by molar-refractivity contribution is -0.127. The first-order valence-electron chi connectivity index (χ1n) is 6.25. The second-order valence-electron chi connectivity index (χ2n) is 4.77. The fourth-order valence-electron chi connectivity index (χ4n) is 1.49. The summed E-state index contributed by atoms with van der Waals surface area (Å²) in [6.07, 6.45) is -0.525. The minimum Gasteiger partial charge on any atom is -0.481 e. The van der Waals surface area contributed by atoms with Gasteiger partial charge in [-0.25, -0.2) is 0 Å². The maximum atomic E-state index is 11.8. The third kappa shape index (κ3) is 5.49. The largest absolute Gasteiger partial charge is 0.481 e. The normalized spacial score (nSPS) is 12.3. The number of nitrogens with zero attached hydrogens (tertiary/aromatic N) is 1. The highest BCUT2D eigenvalue weighted by Crippen LogP contribution is 2.21. The number of carbonyl (C=O) groups is 1. The van der Waals surface area contributed by atoms with E-state index in [1.54, 1.807) is 19.1 Å². The van der Waals surface area contributed by atoms with Crippen LogP contribution >= 0.6 is 11.6 Å². The Balaban J connectivity index is 2.47. The fraction of sp³-hybridized carbons (Fsp3) is 0.500. The van der Waals surface area contributed by atoms with Crippen LogP contribution in [0.3, 0.4) is 0 Å². The maximum Gasteiger partial charge on any atom is 0.260 e. The van der Waals surface area contributed by atoms with E-state index in [1.807, 2.05) is 32.0 Å². The Morgan fingerprint density at radius 3 is 2.74 bits per heavy atom. The van der Waals surface area contributed by atoms with Crippen LogP contribution in [0, 0.1) is 6.92 Å². The van der Waals surface area contributed by atoms with E-state index in [0.717, 1.165) is 12.1 Å². The molecule has 0 aliphatic rings. The SMILES string of the molecule is Cc1cc(OC(C)C(=O)NCCN(C)C)ccc1Cl. The van der Waals surface area contributed by atoms with Crippen molar-refractivity contribution in [1.29, 1.82) is 0 Å². The molecule has 0 aromatic heterocycles. The van der Waals surface area contributed by atoms with Crippen molar-refractivity contribution in [2.24, 2.45) is 0 Å². The van der Waals surface area contributed by atoms with Crippen LogP contribution < -0.4 is 10.1 Å². The highest BCUT2D eigenvalue weighted by Gasteiger charge is 2.14. The maximum absolute atomic E-state index is 11.8. The van der Waals surface area contributed by atoms with Crippen LogP contribution in [0.25, 0.3) is 0 Å². The Morgan fingerprint density at radius 1 is 1.47 bits per heavy atom. The molecule has 106 valence electrons. The molecule has 0 aliphatic carbocycles. The number of amides is 1. The van der Waals surface area contributed by atoms with Crippen LogP contribution in [0.15, 0.2) is 18.2 Å². The summed E-state index contributed by atoms with van der Waals surface area (Å²) in [4.78, 5) is 13.8. The molecule has 1 N–H and O–H groups in total. The molecule has 1 amide bonds. The number of likely N-dealkylation sites (N-methyl/N-ethyl adjacent to an activating group) is 1. The van der Waals surface area contributed by atoms with Crippen molar-refractivity contribution >= 4 is 17.5 Å². The Morgan fingerprint density at radius 2 is 2.16 bits per heavy atom. The molecule has 0 spiro atoms. The predicted octanol–water partition coefficient (Wildman–Crippen LogP) is 2.09. The number of nitrogens with one attached hydrogen (secondary N) is 1. The van der Waals surface area contributed by atoms with Gasteiger partial charge in [-0.15, -0.1) is 0 Å². The summed E-state index contributed by atoms with van der Waals surface area (Å²) in [7, 11) is 3.92. The van der Waals surface area contributed by atoms with Gasteiger partial charge in [0.1, 0.15) is 5.75 Å². The molecule has 0 radical (unpaired) electrons. The molecule has 5 heteroatoms. The summed E-state index contributed by atoms with van der Waals surface area (Å²) in [5, 5.41) is 3.52. The third-order valence-electron chi connectivity index (χ3n) is 2.67. The number of hydrogen-bond acceptors (Lipinski definition) is 3. The molecular formula is C14H21ClN2O2. The lowest BCUT2D eigenvalue weighted by atomic mass is 10.2. The van der Waals surface area contributed by atoms with E-state index in [9.17, 15) is 4.79 Å². The number of aryl methyl sites for hydroxylation is 1. The summed E-state index contributed by atoms with van der Waals surface area (Å²) in [6.45, 7) is 5.05. The summed E-state index contributed by atoms with van der Waals surface area (Å²) in [6, 6.07) is 5.35. The van der Waals surface area contributed by atoms with Crippen LogP contribution in [-0.4, -0.2) is 44.1 Å². The first kappa shape index (κ1) is 15.8. The van der Waals surface area contributed by atoms with Crippen molar-refractivity contribution in [3.8, 4) is 5.75 Å². The molecule has 1 unspecified atom stereocenters. The van der Waals surface area contributed by atoms with Gasteiger partial charge in [-0.1, -0.05) is 11.6 Å². The first-order valence-corrected chi connectivity index (χ1v) is 6.63. The Hall–Kier alpha value is -1.26. The van der Waals surface area contributed by atoms with E-state index in [-0.39, 0.29) is 5.91 Å². The van der Waals surface area contributed by atoms with Crippen molar-refractivity contribution in [3.05, 3.63) is 28.8 Å². The first-order chi connectivity index (χ1) is 8.90. The summed E-state index contributed by atoms with van der Waals surface area (Å²) >= 11 is 5.94. The average Bonchev–Trinajstić information content (AvgIpc) is 2.33. The molecule has 0 fully saturated rings. The van der Waals surface area contributed by atoms with E-state index in [2.05, 4.69) is 5.32 Å². The van der Waals surface area contributed by atoms with Gasteiger partial charge in [-0.05, 0) is 51.7 Å². The van der Waals surface area contributed by atoms with Crippen molar-refractivity contribution in [1.82, 2.24) is 10.2 Å². The molecule has 0 heterocycles. The quantitative estimate of drug-likeness (QED) is 0.870. The second-order valence-corrected chi connectivity index (χ2v) is 5.17. The van der Waals surface area contributed by atoms with E-state index >= 15 is 0 Å². The molecule has 19 heavy (non-hydrogen) atoms. The summed E-state index contributed by atoms with van der Waals surface area (Å²) < 4.78 is 5.59. The highest BCUT2D eigenvalue weighted by atomic mass is 35.5. The van der Waals surface area contributed by atoms with Gasteiger partial charge in [-0.3, -0.25) is 4.79 Å². The van der Waals surface area contributed by atoms with Crippen LogP contribution in [0.1, 0.15) is 12.5 Å². The van der Waals surface area contributed by atoms with Crippen LogP contribution in [0.4, 0.5) is 0 Å². The minimum absolute atomic E-state index is 0.116. The third-order valence-corrected chi connectivity index (χ3v) is 3.09. The molecule has 1 atom stereocenters. The van der Waals surface area contributed by atoms with Crippen LogP contribution in [0.2, 0.25) is 5.02 Å².